The molecule has 0 aliphatic heterocycles. The van der Waals surface area contributed by atoms with E-state index < -0.39 is 26.4 Å². The Labute approximate surface area is 286 Å². The molecular formula is C34H23Br2F3O4S3. The van der Waals surface area contributed by atoms with E-state index in [-0.39, 0.29) is 0 Å². The number of halogens is 5. The molecule has 0 aliphatic carbocycles. The van der Waals surface area contributed by atoms with Crippen LogP contribution in [0.15, 0.2) is 129 Å². The van der Waals surface area contributed by atoms with Crippen LogP contribution < -0.4 is 0 Å². The average molecular weight is 809 g/mol. The van der Waals surface area contributed by atoms with Gasteiger partial charge in [0.05, 0.1) is 15.7 Å². The van der Waals surface area contributed by atoms with E-state index in [0.29, 0.717) is 0 Å². The van der Waals surface area contributed by atoms with Crippen LogP contribution in [0.3, 0.4) is 0 Å². The molecule has 12 heteroatoms. The highest BCUT2D eigenvalue weighted by Crippen LogP contribution is 2.41. The van der Waals surface area contributed by atoms with Crippen molar-refractivity contribution in [2.45, 2.75) is 10.4 Å². The molecule has 236 valence electrons. The molecule has 1 atom stereocenters. The molecule has 7 rings (SSSR count). The Morgan fingerprint density at radius 1 is 0.674 bits per heavy atom. The molecule has 0 radical (unpaired) electrons. The van der Waals surface area contributed by atoms with E-state index in [2.05, 4.69) is 111 Å². The molecule has 1 unspecified atom stereocenters. The second-order valence-electron chi connectivity index (χ2n) is 9.90. The van der Waals surface area contributed by atoms with Crippen molar-refractivity contribution in [2.75, 3.05) is 6.26 Å². The van der Waals surface area contributed by atoms with Crippen LogP contribution in [-0.2, 0) is 20.9 Å². The minimum atomic E-state index is -5.84. The van der Waals surface area contributed by atoms with E-state index in [0.717, 1.165) is 20.5 Å². The van der Waals surface area contributed by atoms with Crippen LogP contribution in [0.25, 0.3) is 52.8 Å². The number of rotatable bonds is 2. The van der Waals surface area contributed by atoms with Gasteiger partial charge in [0.15, 0.2) is 0 Å². The first-order chi connectivity index (χ1) is 21.8. The van der Waals surface area contributed by atoms with Crippen LogP contribution in [0, 0.1) is 0 Å². The average Bonchev–Trinajstić information content (AvgIpc) is 3.41. The second-order valence-corrected chi connectivity index (χ2v) is 15.4. The fourth-order valence-electron chi connectivity index (χ4n) is 5.01. The van der Waals surface area contributed by atoms with Gasteiger partial charge in [-0.05, 0) is 82.7 Å². The molecule has 1 aromatic heterocycles. The van der Waals surface area contributed by atoms with E-state index in [1.807, 2.05) is 47.7 Å². The summed E-state index contributed by atoms with van der Waals surface area (Å²) in [7, 11) is -6.88. The third kappa shape index (κ3) is 7.22. The predicted octanol–water partition coefficient (Wildman–Crippen LogP) is 11.4. The molecule has 46 heavy (non-hydrogen) atoms. The topological polar surface area (TPSA) is 71.4 Å². The van der Waals surface area contributed by atoms with Crippen LogP contribution >= 0.6 is 43.2 Å². The predicted molar refractivity (Wildman–Crippen MR) is 192 cm³/mol. The summed E-state index contributed by atoms with van der Waals surface area (Å²) in [6.07, 6.45) is 1.72. The zero-order chi connectivity index (χ0) is 33.2. The molecular weight excluding hydrogens is 785 g/mol. The molecule has 0 amide bonds. The fraction of sp³-hybridized carbons (Fsp3) is 0.0588. The molecule has 0 saturated heterocycles. The van der Waals surface area contributed by atoms with Gasteiger partial charge in [-0.3, -0.25) is 8.76 Å². The van der Waals surface area contributed by atoms with Gasteiger partial charge in [-0.1, -0.05) is 97.1 Å². The Morgan fingerprint density at radius 2 is 1.17 bits per heavy atom. The van der Waals surface area contributed by atoms with Crippen molar-refractivity contribution < 1.29 is 30.4 Å². The Morgan fingerprint density at radius 3 is 1.83 bits per heavy atom. The van der Waals surface area contributed by atoms with Crippen LogP contribution in [0.1, 0.15) is 0 Å². The third-order valence-corrected chi connectivity index (χ3v) is 11.6. The summed E-state index contributed by atoms with van der Waals surface area (Å²) in [6, 6.07) is 39.9. The number of alkyl halides is 3. The summed E-state index contributed by atoms with van der Waals surface area (Å²) < 4.78 is 74.4. The lowest BCUT2D eigenvalue weighted by Crippen LogP contribution is -2.21. The van der Waals surface area contributed by atoms with Crippen molar-refractivity contribution in [3.8, 4) is 11.1 Å². The molecule has 0 bridgehead atoms. The van der Waals surface area contributed by atoms with Crippen molar-refractivity contribution in [3.63, 3.8) is 0 Å². The zero-order valence-corrected chi connectivity index (χ0v) is 29.4. The van der Waals surface area contributed by atoms with Crippen LogP contribution in [-0.4, -0.2) is 28.9 Å². The summed E-state index contributed by atoms with van der Waals surface area (Å²) in [5.41, 5.74) is -3.39. The molecule has 0 saturated carbocycles. The monoisotopic (exact) mass is 806 g/mol. The summed E-state index contributed by atoms with van der Waals surface area (Å²) in [6.45, 7) is 0. The van der Waals surface area contributed by atoms with Crippen molar-refractivity contribution in [2.24, 2.45) is 0 Å². The molecule has 0 aliphatic rings. The van der Waals surface area contributed by atoms with Gasteiger partial charge in [0.2, 0.25) is 0 Å². The van der Waals surface area contributed by atoms with Gasteiger partial charge in [0.1, 0.15) is 0 Å². The largest absolute Gasteiger partial charge is 0.522 e. The first kappa shape index (κ1) is 34.2. The van der Waals surface area contributed by atoms with Crippen molar-refractivity contribution in [1.82, 2.24) is 0 Å². The number of thiophene rings is 1. The first-order valence-corrected chi connectivity index (χ1v) is 18.8. The maximum Gasteiger partial charge on any atom is 0.522 e. The number of benzene rings is 6. The molecule has 0 fully saturated rings. The summed E-state index contributed by atoms with van der Waals surface area (Å²) in [4.78, 5) is 0.851. The molecule has 7 aromatic rings. The lowest BCUT2D eigenvalue weighted by atomic mass is 9.98. The van der Waals surface area contributed by atoms with Crippen molar-refractivity contribution in [1.29, 1.82) is 0 Å². The minimum Gasteiger partial charge on any atom is -0.279 e. The summed E-state index contributed by atoms with van der Waals surface area (Å²) in [5, 5.41) is 7.76. The lowest BCUT2D eigenvalue weighted by Gasteiger charge is -2.12. The number of fused-ring (bicyclic) bond motifs is 6. The highest BCUT2D eigenvalue weighted by atomic mass is 79.9. The highest BCUT2D eigenvalue weighted by molar-refractivity contribution is 9.11. The Bertz CT molecular complexity index is 2350. The van der Waals surface area contributed by atoms with Gasteiger partial charge in [0.25, 0.3) is 0 Å². The van der Waals surface area contributed by atoms with Gasteiger partial charge in [-0.15, -0.1) is 11.3 Å². The van der Waals surface area contributed by atoms with Gasteiger partial charge in [-0.2, -0.15) is 21.6 Å². The molecule has 6 aromatic carbocycles. The highest BCUT2D eigenvalue weighted by Gasteiger charge is 2.44. The Balaban J connectivity index is 0.000000148. The Kier molecular flexibility index (Phi) is 10.4. The standard InChI is InChI=1S/C17H13BrOS.C16H9BrS.CHF3O3S/c1-20(19)17-15(10-5-11-16(17)18)14-9-4-7-12-6-2-3-8-13(12)14;17-13-7-3-6-12-15-11-5-2-1-4-10(11)8-9-14(15)18-16(12)13;2-1(3,4)8(5,6)7/h2-11H,1H3;1-9H;(H,5,6,7). The van der Waals surface area contributed by atoms with E-state index in [1.54, 1.807) is 6.26 Å². The number of hydrogen-bond acceptors (Lipinski definition) is 4. The van der Waals surface area contributed by atoms with Gasteiger partial charge >= 0.3 is 15.6 Å². The van der Waals surface area contributed by atoms with Gasteiger partial charge < -0.3 is 0 Å². The molecule has 4 nitrogen and oxygen atoms in total. The molecule has 1 N–H and O–H groups in total. The maximum absolute atomic E-state index is 12.1. The van der Waals surface area contributed by atoms with E-state index in [1.165, 1.54) is 46.2 Å². The summed E-state index contributed by atoms with van der Waals surface area (Å²) in [5.74, 6) is 0. The Hall–Kier alpha value is -3.13. The van der Waals surface area contributed by atoms with E-state index >= 15 is 0 Å². The molecule has 1 heterocycles. The van der Waals surface area contributed by atoms with Crippen LogP contribution in [0.4, 0.5) is 13.2 Å². The van der Waals surface area contributed by atoms with Gasteiger partial charge in [-0.25, -0.2) is 0 Å². The smallest absolute Gasteiger partial charge is 0.279 e. The molecule has 0 spiro atoms. The third-order valence-electron chi connectivity index (χ3n) is 6.97. The maximum atomic E-state index is 12.1. The van der Waals surface area contributed by atoms with Crippen LogP contribution in [0.5, 0.6) is 0 Å². The summed E-state index contributed by atoms with van der Waals surface area (Å²) >= 11 is 9.02. The zero-order valence-electron chi connectivity index (χ0n) is 23.8. The SMILES string of the molecule is Brc1cccc2c1sc1ccc3ccccc3c12.CS(=O)c1c(Br)cccc1-c1cccc2ccccc12.O=S(=O)(O)C(F)(F)F. The van der Waals surface area contributed by atoms with Gasteiger partial charge in [0, 0.05) is 35.4 Å². The second kappa shape index (κ2) is 13.9. The lowest BCUT2D eigenvalue weighted by molar-refractivity contribution is -0.0510. The van der Waals surface area contributed by atoms with Crippen molar-refractivity contribution >= 4 is 106 Å². The quantitative estimate of drug-likeness (QED) is 0.139. The van der Waals surface area contributed by atoms with Crippen molar-refractivity contribution in [3.05, 3.63) is 124 Å². The first-order valence-electron chi connectivity index (χ1n) is 13.4. The number of hydrogen-bond donors (Lipinski definition) is 1. The minimum absolute atomic E-state index is 0.851. The normalized spacial score (nSPS) is 12.4. The van der Waals surface area contributed by atoms with E-state index in [9.17, 15) is 17.4 Å². The fourth-order valence-corrected chi connectivity index (χ4v) is 8.62. The van der Waals surface area contributed by atoms with E-state index in [4.69, 9.17) is 13.0 Å². The van der Waals surface area contributed by atoms with Crippen LogP contribution in [0.2, 0.25) is 0 Å².